The first-order chi connectivity index (χ1) is 10.2. The van der Waals surface area contributed by atoms with Crippen LogP contribution in [0.15, 0.2) is 0 Å². The fourth-order valence-electron chi connectivity index (χ4n) is 4.17. The number of carbonyl (C=O) groups is 1. The van der Waals surface area contributed by atoms with Gasteiger partial charge in [-0.05, 0) is 70.1 Å². The molecule has 2 atom stereocenters. The van der Waals surface area contributed by atoms with Gasteiger partial charge in [-0.3, -0.25) is 9.69 Å². The van der Waals surface area contributed by atoms with Crippen LogP contribution in [0.5, 0.6) is 0 Å². The van der Waals surface area contributed by atoms with Gasteiger partial charge in [0.1, 0.15) is 0 Å². The molecule has 4 nitrogen and oxygen atoms in total. The lowest BCUT2D eigenvalue weighted by Gasteiger charge is -2.44. The predicted octanol–water partition coefficient (Wildman–Crippen LogP) is 1.78. The molecule has 0 saturated heterocycles. The van der Waals surface area contributed by atoms with Crippen molar-refractivity contribution in [3.63, 3.8) is 0 Å². The Bertz CT molecular complexity index is 414. The Morgan fingerprint density at radius 3 is 2.43 bits per heavy atom. The molecule has 4 aliphatic carbocycles. The molecular formula is C17H29N3O. The van der Waals surface area contributed by atoms with Crippen LogP contribution in [0.4, 0.5) is 0 Å². The number of nitrogens with zero attached hydrogens (tertiary/aromatic N) is 1. The van der Waals surface area contributed by atoms with Crippen LogP contribution < -0.4 is 11.1 Å². The second kappa shape index (κ2) is 5.24. The fraction of sp³-hybridized carbons (Fsp3) is 0.941. The average molecular weight is 291 g/mol. The molecule has 4 fully saturated rings. The minimum Gasteiger partial charge on any atom is -0.368 e. The summed E-state index contributed by atoms with van der Waals surface area (Å²) in [5.41, 5.74) is 5.41. The number of hydrogen-bond acceptors (Lipinski definition) is 3. The predicted molar refractivity (Wildman–Crippen MR) is 82.8 cm³/mol. The van der Waals surface area contributed by atoms with E-state index in [1.54, 1.807) is 0 Å². The van der Waals surface area contributed by atoms with Gasteiger partial charge in [0.25, 0.3) is 0 Å². The first-order valence-electron chi connectivity index (χ1n) is 9.00. The Morgan fingerprint density at radius 2 is 1.86 bits per heavy atom. The zero-order valence-electron chi connectivity index (χ0n) is 13.0. The molecule has 0 aromatic carbocycles. The minimum absolute atomic E-state index is 0.110. The Kier molecular flexibility index (Phi) is 3.49. The van der Waals surface area contributed by atoms with Gasteiger partial charge < -0.3 is 11.1 Å². The molecule has 4 saturated carbocycles. The van der Waals surface area contributed by atoms with Crippen LogP contribution in [0.25, 0.3) is 0 Å². The maximum Gasteiger partial charge on any atom is 0.237 e. The average Bonchev–Trinajstić information content (AvgIpc) is 3.31. The van der Waals surface area contributed by atoms with Crippen molar-refractivity contribution in [1.29, 1.82) is 0 Å². The van der Waals surface area contributed by atoms with Gasteiger partial charge in [-0.2, -0.15) is 0 Å². The highest BCUT2D eigenvalue weighted by molar-refractivity contribution is 5.85. The lowest BCUT2D eigenvalue weighted by atomic mass is 9.77. The Labute approximate surface area is 127 Å². The number of amides is 1. The molecular weight excluding hydrogens is 262 g/mol. The SMILES string of the molecule is NC(=O)C1(NC2CC2)CCCC(N(CC2CC2)C2CC2)C1. The van der Waals surface area contributed by atoms with E-state index in [-0.39, 0.29) is 5.91 Å². The molecule has 0 spiro atoms. The summed E-state index contributed by atoms with van der Waals surface area (Å²) in [7, 11) is 0. The molecule has 118 valence electrons. The van der Waals surface area contributed by atoms with E-state index in [0.717, 1.165) is 31.2 Å². The molecule has 4 aliphatic rings. The molecule has 0 aliphatic heterocycles. The maximum atomic E-state index is 12.2. The second-order valence-corrected chi connectivity index (χ2v) is 7.99. The normalized spacial score (nSPS) is 36.9. The number of nitrogens with two attached hydrogens (primary N) is 1. The molecule has 4 rings (SSSR count). The standard InChI is InChI=1S/C17H29N3O/c18-16(21)17(19-13-5-6-13)9-1-2-15(10-17)20(14-7-8-14)11-12-3-4-12/h12-15,19H,1-11H2,(H2,18,21). The number of hydrogen-bond donors (Lipinski definition) is 2. The van der Waals surface area contributed by atoms with Crippen molar-refractivity contribution >= 4 is 5.91 Å². The lowest BCUT2D eigenvalue weighted by Crippen LogP contribution is -2.61. The summed E-state index contributed by atoms with van der Waals surface area (Å²) in [6.07, 6.45) is 12.3. The van der Waals surface area contributed by atoms with Crippen LogP contribution in [0.2, 0.25) is 0 Å². The molecule has 21 heavy (non-hydrogen) atoms. The maximum absolute atomic E-state index is 12.2. The van der Waals surface area contributed by atoms with E-state index in [0.29, 0.717) is 12.1 Å². The van der Waals surface area contributed by atoms with E-state index in [2.05, 4.69) is 10.2 Å². The number of carbonyl (C=O) groups excluding carboxylic acids is 1. The van der Waals surface area contributed by atoms with Gasteiger partial charge in [-0.1, -0.05) is 0 Å². The summed E-state index contributed by atoms with van der Waals surface area (Å²) in [6, 6.07) is 1.93. The quantitative estimate of drug-likeness (QED) is 0.752. The third kappa shape index (κ3) is 3.11. The molecule has 0 bridgehead atoms. The van der Waals surface area contributed by atoms with Crippen LogP contribution in [0.1, 0.15) is 64.2 Å². The topological polar surface area (TPSA) is 58.4 Å². The van der Waals surface area contributed by atoms with E-state index in [9.17, 15) is 4.79 Å². The van der Waals surface area contributed by atoms with Crippen LogP contribution >= 0.6 is 0 Å². The highest BCUT2D eigenvalue weighted by Gasteiger charge is 2.48. The Hall–Kier alpha value is -0.610. The van der Waals surface area contributed by atoms with E-state index in [4.69, 9.17) is 5.73 Å². The molecule has 0 aromatic rings. The number of primary amides is 1. The van der Waals surface area contributed by atoms with Gasteiger partial charge in [-0.15, -0.1) is 0 Å². The molecule has 0 aromatic heterocycles. The number of nitrogens with one attached hydrogen (secondary N) is 1. The van der Waals surface area contributed by atoms with E-state index >= 15 is 0 Å². The van der Waals surface area contributed by atoms with Crippen molar-refractivity contribution < 1.29 is 4.79 Å². The van der Waals surface area contributed by atoms with Crippen LogP contribution in [-0.2, 0) is 4.79 Å². The Morgan fingerprint density at radius 1 is 1.10 bits per heavy atom. The molecule has 3 N–H and O–H groups in total. The van der Waals surface area contributed by atoms with Crippen LogP contribution in [-0.4, -0.2) is 41.0 Å². The summed E-state index contributed by atoms with van der Waals surface area (Å²) >= 11 is 0. The third-order valence-electron chi connectivity index (χ3n) is 5.91. The van der Waals surface area contributed by atoms with Crippen molar-refractivity contribution in [1.82, 2.24) is 10.2 Å². The highest BCUT2D eigenvalue weighted by Crippen LogP contribution is 2.41. The zero-order chi connectivity index (χ0) is 14.4. The van der Waals surface area contributed by atoms with Gasteiger partial charge in [0, 0.05) is 24.7 Å². The summed E-state index contributed by atoms with van der Waals surface area (Å²) in [5, 5.41) is 3.62. The smallest absolute Gasteiger partial charge is 0.237 e. The summed E-state index contributed by atoms with van der Waals surface area (Å²) in [4.78, 5) is 14.9. The van der Waals surface area contributed by atoms with Crippen molar-refractivity contribution in [2.45, 2.75) is 87.9 Å². The molecule has 4 heteroatoms. The fourth-order valence-corrected chi connectivity index (χ4v) is 4.17. The second-order valence-electron chi connectivity index (χ2n) is 7.99. The molecule has 0 radical (unpaired) electrons. The van der Waals surface area contributed by atoms with Gasteiger partial charge in [0.2, 0.25) is 5.91 Å². The van der Waals surface area contributed by atoms with Gasteiger partial charge >= 0.3 is 0 Å². The lowest BCUT2D eigenvalue weighted by molar-refractivity contribution is -0.127. The first kappa shape index (κ1) is 14.0. The van der Waals surface area contributed by atoms with Crippen molar-refractivity contribution in [3.05, 3.63) is 0 Å². The molecule has 1 amide bonds. The summed E-state index contributed by atoms with van der Waals surface area (Å²) in [6.45, 7) is 1.27. The third-order valence-corrected chi connectivity index (χ3v) is 5.91. The van der Waals surface area contributed by atoms with E-state index in [1.807, 2.05) is 0 Å². The van der Waals surface area contributed by atoms with E-state index in [1.165, 1.54) is 51.5 Å². The first-order valence-corrected chi connectivity index (χ1v) is 9.00. The monoisotopic (exact) mass is 291 g/mol. The van der Waals surface area contributed by atoms with Crippen molar-refractivity contribution in [2.24, 2.45) is 11.7 Å². The number of rotatable bonds is 7. The highest BCUT2D eigenvalue weighted by atomic mass is 16.1. The zero-order valence-corrected chi connectivity index (χ0v) is 13.0. The summed E-state index contributed by atoms with van der Waals surface area (Å²) < 4.78 is 0. The molecule has 2 unspecified atom stereocenters. The van der Waals surface area contributed by atoms with Crippen LogP contribution in [0.3, 0.4) is 0 Å². The van der Waals surface area contributed by atoms with Crippen molar-refractivity contribution in [3.8, 4) is 0 Å². The minimum atomic E-state index is -0.416. The van der Waals surface area contributed by atoms with Gasteiger partial charge in [0.15, 0.2) is 0 Å². The van der Waals surface area contributed by atoms with E-state index < -0.39 is 5.54 Å². The largest absolute Gasteiger partial charge is 0.368 e. The van der Waals surface area contributed by atoms with Gasteiger partial charge in [-0.25, -0.2) is 0 Å². The van der Waals surface area contributed by atoms with Gasteiger partial charge in [0.05, 0.1) is 5.54 Å². The molecule has 0 heterocycles. The Balaban J connectivity index is 1.47. The van der Waals surface area contributed by atoms with Crippen molar-refractivity contribution in [2.75, 3.05) is 6.54 Å². The summed E-state index contributed by atoms with van der Waals surface area (Å²) in [5.74, 6) is 0.827. The van der Waals surface area contributed by atoms with Crippen LogP contribution in [0, 0.1) is 5.92 Å².